The summed E-state index contributed by atoms with van der Waals surface area (Å²) in [5, 5.41) is 6.92. The lowest BCUT2D eigenvalue weighted by molar-refractivity contribution is 0.632. The van der Waals surface area contributed by atoms with Crippen LogP contribution in [0.15, 0.2) is 6.20 Å². The van der Waals surface area contributed by atoms with Crippen molar-refractivity contribution in [3.63, 3.8) is 0 Å². The van der Waals surface area contributed by atoms with Gasteiger partial charge in [-0.3, -0.25) is 5.10 Å². The lowest BCUT2D eigenvalue weighted by atomic mass is 10.1. The van der Waals surface area contributed by atoms with Crippen molar-refractivity contribution >= 4 is 22.6 Å². The molecule has 0 radical (unpaired) electrons. The monoisotopic (exact) mass is 250 g/mol. The van der Waals surface area contributed by atoms with Crippen molar-refractivity contribution in [1.29, 1.82) is 0 Å². The normalized spacial score (nSPS) is 10.8. The van der Waals surface area contributed by atoms with Gasteiger partial charge in [0.15, 0.2) is 0 Å². The molecule has 0 spiro atoms. The number of halogens is 1. The first-order valence-corrected chi connectivity index (χ1v) is 4.45. The first-order chi connectivity index (χ1) is 4.70. The fraction of sp³-hybridized carbons (Fsp3) is 0.571. The van der Waals surface area contributed by atoms with E-state index in [2.05, 4.69) is 46.6 Å². The Hall–Kier alpha value is -0.0600. The third-order valence-corrected chi connectivity index (χ3v) is 2.21. The minimum atomic E-state index is 0.703. The number of aromatic amines is 1. The molecule has 1 heterocycles. The topological polar surface area (TPSA) is 28.7 Å². The lowest BCUT2D eigenvalue weighted by Gasteiger charge is -2.00. The predicted octanol–water partition coefficient (Wildman–Crippen LogP) is 2.21. The quantitative estimate of drug-likeness (QED) is 0.801. The first kappa shape index (κ1) is 8.04. The van der Waals surface area contributed by atoms with Crippen LogP contribution in [0.4, 0.5) is 0 Å². The maximum absolute atomic E-state index is 3.94. The van der Waals surface area contributed by atoms with Crippen molar-refractivity contribution in [2.75, 3.05) is 0 Å². The van der Waals surface area contributed by atoms with Gasteiger partial charge in [-0.25, -0.2) is 0 Å². The highest BCUT2D eigenvalue weighted by Gasteiger charge is 2.02. The SMILES string of the molecule is CC(C)Cc1[nH]ncc1I. The highest BCUT2D eigenvalue weighted by molar-refractivity contribution is 14.1. The van der Waals surface area contributed by atoms with Crippen molar-refractivity contribution < 1.29 is 0 Å². The molecule has 0 saturated carbocycles. The molecule has 2 nitrogen and oxygen atoms in total. The fourth-order valence-electron chi connectivity index (χ4n) is 0.850. The zero-order valence-electron chi connectivity index (χ0n) is 6.19. The van der Waals surface area contributed by atoms with Crippen molar-refractivity contribution in [3.8, 4) is 0 Å². The molecular formula is C7H11IN2. The van der Waals surface area contributed by atoms with Gasteiger partial charge in [-0.15, -0.1) is 0 Å². The van der Waals surface area contributed by atoms with E-state index in [1.54, 1.807) is 0 Å². The molecule has 1 aromatic heterocycles. The smallest absolute Gasteiger partial charge is 0.0623 e. The second-order valence-corrected chi connectivity index (χ2v) is 3.96. The van der Waals surface area contributed by atoms with Gasteiger partial charge in [0.05, 0.1) is 9.77 Å². The van der Waals surface area contributed by atoms with Crippen LogP contribution in [0, 0.1) is 9.49 Å². The highest BCUT2D eigenvalue weighted by atomic mass is 127. The summed E-state index contributed by atoms with van der Waals surface area (Å²) in [5.74, 6) is 0.703. The van der Waals surface area contributed by atoms with Gasteiger partial charge in [0.2, 0.25) is 0 Å². The van der Waals surface area contributed by atoms with Gasteiger partial charge in [0.1, 0.15) is 0 Å². The van der Waals surface area contributed by atoms with Gasteiger partial charge in [-0.05, 0) is 34.9 Å². The third-order valence-electron chi connectivity index (χ3n) is 1.28. The lowest BCUT2D eigenvalue weighted by Crippen LogP contribution is -1.95. The summed E-state index contributed by atoms with van der Waals surface area (Å²) in [5.41, 5.74) is 1.26. The zero-order chi connectivity index (χ0) is 7.56. The summed E-state index contributed by atoms with van der Waals surface area (Å²) in [7, 11) is 0. The molecular weight excluding hydrogens is 239 g/mol. The Balaban J connectivity index is 2.65. The Morgan fingerprint density at radius 1 is 1.70 bits per heavy atom. The molecule has 3 heteroatoms. The van der Waals surface area contributed by atoms with Gasteiger partial charge in [0.25, 0.3) is 0 Å². The maximum atomic E-state index is 3.94. The van der Waals surface area contributed by atoms with Crippen LogP contribution in [0.5, 0.6) is 0 Å². The second kappa shape index (κ2) is 3.37. The molecule has 0 unspecified atom stereocenters. The second-order valence-electron chi connectivity index (χ2n) is 2.79. The van der Waals surface area contributed by atoms with Crippen LogP contribution in [0.2, 0.25) is 0 Å². The molecule has 0 aliphatic heterocycles. The molecule has 0 fully saturated rings. The Bertz CT molecular complexity index is 205. The number of aromatic nitrogens is 2. The molecule has 10 heavy (non-hydrogen) atoms. The Morgan fingerprint density at radius 2 is 2.40 bits per heavy atom. The summed E-state index contributed by atoms with van der Waals surface area (Å²) < 4.78 is 1.24. The molecule has 1 aromatic rings. The van der Waals surface area contributed by atoms with E-state index in [1.165, 1.54) is 9.26 Å². The summed E-state index contributed by atoms with van der Waals surface area (Å²) in [6, 6.07) is 0. The number of nitrogens with one attached hydrogen (secondary N) is 1. The molecule has 0 saturated heterocycles. The fourth-order valence-corrected chi connectivity index (χ4v) is 1.33. The van der Waals surface area contributed by atoms with Crippen LogP contribution in [0.1, 0.15) is 19.5 Å². The van der Waals surface area contributed by atoms with Crippen LogP contribution in [0.3, 0.4) is 0 Å². The summed E-state index contributed by atoms with van der Waals surface area (Å²) >= 11 is 2.30. The van der Waals surface area contributed by atoms with Crippen LogP contribution >= 0.6 is 22.6 Å². The highest BCUT2D eigenvalue weighted by Crippen LogP contribution is 2.11. The van der Waals surface area contributed by atoms with Gasteiger partial charge in [-0.2, -0.15) is 5.10 Å². The summed E-state index contributed by atoms with van der Waals surface area (Å²) in [6.07, 6.45) is 2.95. The van der Waals surface area contributed by atoms with E-state index in [1.807, 2.05) is 6.20 Å². The molecule has 0 aliphatic carbocycles. The van der Waals surface area contributed by atoms with Crippen molar-refractivity contribution in [1.82, 2.24) is 10.2 Å². The number of hydrogen-bond donors (Lipinski definition) is 1. The van der Waals surface area contributed by atoms with E-state index in [4.69, 9.17) is 0 Å². The summed E-state index contributed by atoms with van der Waals surface area (Å²) in [4.78, 5) is 0. The minimum Gasteiger partial charge on any atom is -0.281 e. The standard InChI is InChI=1S/C7H11IN2/c1-5(2)3-7-6(8)4-9-10-7/h4-5H,3H2,1-2H3,(H,9,10). The third kappa shape index (κ3) is 1.97. The average molecular weight is 250 g/mol. The van der Waals surface area contributed by atoms with E-state index in [0.717, 1.165) is 6.42 Å². The van der Waals surface area contributed by atoms with E-state index >= 15 is 0 Å². The van der Waals surface area contributed by atoms with Crippen LogP contribution < -0.4 is 0 Å². The molecule has 0 bridgehead atoms. The Morgan fingerprint density at radius 3 is 2.80 bits per heavy atom. The van der Waals surface area contributed by atoms with Crippen LogP contribution in [0.25, 0.3) is 0 Å². The van der Waals surface area contributed by atoms with Crippen LogP contribution in [-0.4, -0.2) is 10.2 Å². The van der Waals surface area contributed by atoms with Gasteiger partial charge >= 0.3 is 0 Å². The Kier molecular flexibility index (Phi) is 2.71. The van der Waals surface area contributed by atoms with E-state index < -0.39 is 0 Å². The predicted molar refractivity (Wildman–Crippen MR) is 49.8 cm³/mol. The molecule has 1 rings (SSSR count). The molecule has 1 N–H and O–H groups in total. The molecule has 0 atom stereocenters. The van der Waals surface area contributed by atoms with E-state index in [-0.39, 0.29) is 0 Å². The van der Waals surface area contributed by atoms with Gasteiger partial charge in [0, 0.05) is 5.69 Å². The Labute approximate surface area is 74.6 Å². The van der Waals surface area contributed by atoms with E-state index in [9.17, 15) is 0 Å². The average Bonchev–Trinajstić information content (AvgIpc) is 2.15. The van der Waals surface area contributed by atoms with Gasteiger partial charge < -0.3 is 0 Å². The van der Waals surface area contributed by atoms with Crippen LogP contribution in [-0.2, 0) is 6.42 Å². The zero-order valence-corrected chi connectivity index (χ0v) is 8.34. The maximum Gasteiger partial charge on any atom is 0.0623 e. The molecule has 0 aromatic carbocycles. The number of H-pyrrole nitrogens is 1. The number of hydrogen-bond acceptors (Lipinski definition) is 1. The molecule has 56 valence electrons. The van der Waals surface area contributed by atoms with Crippen molar-refractivity contribution in [2.24, 2.45) is 5.92 Å². The van der Waals surface area contributed by atoms with Crippen molar-refractivity contribution in [3.05, 3.63) is 15.5 Å². The minimum absolute atomic E-state index is 0.703. The molecule has 0 aliphatic rings. The summed E-state index contributed by atoms with van der Waals surface area (Å²) in [6.45, 7) is 4.41. The number of rotatable bonds is 2. The number of nitrogens with zero attached hydrogens (tertiary/aromatic N) is 1. The van der Waals surface area contributed by atoms with Crippen molar-refractivity contribution in [2.45, 2.75) is 20.3 Å². The van der Waals surface area contributed by atoms with Gasteiger partial charge in [-0.1, -0.05) is 13.8 Å². The first-order valence-electron chi connectivity index (χ1n) is 3.38. The molecule has 0 amide bonds. The van der Waals surface area contributed by atoms with E-state index in [0.29, 0.717) is 5.92 Å². The largest absolute Gasteiger partial charge is 0.281 e.